The number of esters is 1. The van der Waals surface area contributed by atoms with Crippen molar-refractivity contribution in [3.8, 4) is 0 Å². The molecule has 1 heterocycles. The van der Waals surface area contributed by atoms with Gasteiger partial charge in [-0.05, 0) is 27.7 Å². The van der Waals surface area contributed by atoms with Gasteiger partial charge in [0.1, 0.15) is 4.90 Å². The molecule has 0 saturated heterocycles. The zero-order valence-corrected chi connectivity index (χ0v) is 12.3. The molecule has 0 N–H and O–H groups in total. The normalized spacial score (nSPS) is 12.6. The van der Waals surface area contributed by atoms with Crippen molar-refractivity contribution in [1.29, 1.82) is 0 Å². The molecule has 1 aromatic rings. The van der Waals surface area contributed by atoms with Gasteiger partial charge in [-0.3, -0.25) is 4.68 Å². The molecule has 0 bridgehead atoms. The second-order valence-electron chi connectivity index (χ2n) is 4.73. The fourth-order valence-electron chi connectivity index (χ4n) is 2.05. The van der Waals surface area contributed by atoms with E-state index < -0.39 is 21.3 Å². The molecule has 0 aromatic carbocycles. The second kappa shape index (κ2) is 4.38. The quantitative estimate of drug-likeness (QED) is 0.762. The third kappa shape index (κ3) is 2.27. The number of aryl methyl sites for hydroxylation is 1. The van der Waals surface area contributed by atoms with Crippen LogP contribution >= 0.6 is 0 Å². The summed E-state index contributed by atoms with van der Waals surface area (Å²) in [6, 6.07) is 0. The summed E-state index contributed by atoms with van der Waals surface area (Å²) < 4.78 is 29.5. The first-order chi connectivity index (χ1) is 8.03. The summed E-state index contributed by atoms with van der Waals surface area (Å²) in [6.07, 6.45) is 1.12. The Labute approximate surface area is 107 Å². The SMILES string of the molecule is COC(=O)C(C)(C)n1nc(C)c(S(C)(=O)=O)c1C. The van der Waals surface area contributed by atoms with E-state index in [2.05, 4.69) is 5.10 Å². The molecule has 0 saturated carbocycles. The Bertz CT molecular complexity index is 584. The molecule has 7 heteroatoms. The number of nitrogens with zero attached hydrogens (tertiary/aromatic N) is 2. The highest BCUT2D eigenvalue weighted by Crippen LogP contribution is 2.25. The lowest BCUT2D eigenvalue weighted by molar-refractivity contribution is -0.150. The molecular formula is C11H18N2O4S. The minimum atomic E-state index is -3.37. The van der Waals surface area contributed by atoms with Crippen molar-refractivity contribution in [2.24, 2.45) is 0 Å². The molecular weight excluding hydrogens is 256 g/mol. The lowest BCUT2D eigenvalue weighted by Crippen LogP contribution is -2.38. The van der Waals surface area contributed by atoms with Crippen LogP contribution in [-0.2, 0) is 24.9 Å². The average Bonchev–Trinajstić information content (AvgIpc) is 2.52. The predicted octanol–water partition coefficient (Wildman–Crippen LogP) is 0.812. The fraction of sp³-hybridized carbons (Fsp3) is 0.636. The number of carbonyl (C=O) groups excluding carboxylic acids is 1. The summed E-state index contributed by atoms with van der Waals surface area (Å²) in [5.41, 5.74) is -0.232. The Hall–Kier alpha value is -1.37. The molecule has 0 atom stereocenters. The van der Waals surface area contributed by atoms with Gasteiger partial charge in [0.05, 0.1) is 18.5 Å². The molecule has 0 unspecified atom stereocenters. The van der Waals surface area contributed by atoms with Gasteiger partial charge in [0.25, 0.3) is 0 Å². The van der Waals surface area contributed by atoms with Crippen LogP contribution in [0.3, 0.4) is 0 Å². The molecule has 1 aromatic heterocycles. The minimum Gasteiger partial charge on any atom is -0.467 e. The maximum absolute atomic E-state index is 11.7. The molecule has 0 fully saturated rings. The number of carbonyl (C=O) groups is 1. The van der Waals surface area contributed by atoms with E-state index >= 15 is 0 Å². The zero-order valence-electron chi connectivity index (χ0n) is 11.4. The van der Waals surface area contributed by atoms with Crippen LogP contribution in [0, 0.1) is 13.8 Å². The summed E-state index contributed by atoms with van der Waals surface area (Å²) in [4.78, 5) is 11.9. The van der Waals surface area contributed by atoms with Crippen molar-refractivity contribution in [1.82, 2.24) is 9.78 Å². The van der Waals surface area contributed by atoms with Gasteiger partial charge >= 0.3 is 5.97 Å². The number of hydrogen-bond acceptors (Lipinski definition) is 5. The van der Waals surface area contributed by atoms with Crippen LogP contribution in [0.25, 0.3) is 0 Å². The molecule has 0 amide bonds. The topological polar surface area (TPSA) is 78.3 Å². The van der Waals surface area contributed by atoms with Crippen molar-refractivity contribution in [3.63, 3.8) is 0 Å². The van der Waals surface area contributed by atoms with Crippen LogP contribution < -0.4 is 0 Å². The molecule has 102 valence electrons. The van der Waals surface area contributed by atoms with Crippen molar-refractivity contribution in [2.75, 3.05) is 13.4 Å². The average molecular weight is 274 g/mol. The molecule has 0 spiro atoms. The van der Waals surface area contributed by atoms with Gasteiger partial charge in [0.2, 0.25) is 0 Å². The lowest BCUT2D eigenvalue weighted by atomic mass is 10.1. The highest BCUT2D eigenvalue weighted by molar-refractivity contribution is 7.90. The van der Waals surface area contributed by atoms with E-state index in [-0.39, 0.29) is 4.90 Å². The van der Waals surface area contributed by atoms with E-state index in [0.717, 1.165) is 6.26 Å². The molecule has 0 radical (unpaired) electrons. The Morgan fingerprint density at radius 3 is 2.17 bits per heavy atom. The van der Waals surface area contributed by atoms with Crippen LogP contribution in [0.4, 0.5) is 0 Å². The Morgan fingerprint density at radius 2 is 1.83 bits per heavy atom. The van der Waals surface area contributed by atoms with Crippen LogP contribution in [0.15, 0.2) is 4.90 Å². The van der Waals surface area contributed by atoms with E-state index in [4.69, 9.17) is 4.74 Å². The first kappa shape index (κ1) is 14.7. The standard InChI is InChI=1S/C11H18N2O4S/c1-7-9(18(6,15)16)8(2)13(12-7)11(3,4)10(14)17-5/h1-6H3. The largest absolute Gasteiger partial charge is 0.467 e. The Morgan fingerprint density at radius 1 is 1.33 bits per heavy atom. The maximum atomic E-state index is 11.7. The van der Waals surface area contributed by atoms with Gasteiger partial charge in [-0.15, -0.1) is 0 Å². The summed E-state index contributed by atoms with van der Waals surface area (Å²) in [5, 5.41) is 4.15. The summed E-state index contributed by atoms with van der Waals surface area (Å²) in [6.45, 7) is 6.49. The van der Waals surface area contributed by atoms with Crippen LogP contribution in [-0.4, -0.2) is 37.5 Å². The van der Waals surface area contributed by atoms with Gasteiger partial charge in [-0.2, -0.15) is 5.10 Å². The van der Waals surface area contributed by atoms with Gasteiger partial charge in [-0.25, -0.2) is 13.2 Å². The smallest absolute Gasteiger partial charge is 0.333 e. The molecule has 0 aliphatic carbocycles. The molecule has 1 rings (SSSR count). The van der Waals surface area contributed by atoms with Gasteiger partial charge < -0.3 is 4.74 Å². The maximum Gasteiger partial charge on any atom is 0.333 e. The van der Waals surface area contributed by atoms with E-state index in [1.54, 1.807) is 27.7 Å². The van der Waals surface area contributed by atoms with Crippen LogP contribution in [0.5, 0.6) is 0 Å². The zero-order chi connectivity index (χ0) is 14.3. The molecule has 6 nitrogen and oxygen atoms in total. The first-order valence-electron chi connectivity index (χ1n) is 5.38. The highest BCUT2D eigenvalue weighted by Gasteiger charge is 2.35. The molecule has 18 heavy (non-hydrogen) atoms. The van der Waals surface area contributed by atoms with Gasteiger partial charge in [0, 0.05) is 6.26 Å². The number of sulfone groups is 1. The number of hydrogen-bond donors (Lipinski definition) is 0. The van der Waals surface area contributed by atoms with Crippen LogP contribution in [0.2, 0.25) is 0 Å². The first-order valence-corrected chi connectivity index (χ1v) is 7.27. The Balaban J connectivity index is 3.52. The summed E-state index contributed by atoms with van der Waals surface area (Å²) in [7, 11) is -2.09. The molecule has 0 aliphatic heterocycles. The third-order valence-corrected chi connectivity index (χ3v) is 4.14. The number of rotatable bonds is 3. The summed E-state index contributed by atoms with van der Waals surface area (Å²) >= 11 is 0. The van der Waals surface area contributed by atoms with Crippen molar-refractivity contribution >= 4 is 15.8 Å². The molecule has 0 aliphatic rings. The number of ether oxygens (including phenoxy) is 1. The number of aromatic nitrogens is 2. The monoisotopic (exact) mass is 274 g/mol. The van der Waals surface area contributed by atoms with E-state index in [9.17, 15) is 13.2 Å². The van der Waals surface area contributed by atoms with E-state index in [1.165, 1.54) is 11.8 Å². The van der Waals surface area contributed by atoms with Gasteiger partial charge in [0.15, 0.2) is 15.4 Å². The van der Waals surface area contributed by atoms with Crippen molar-refractivity contribution in [2.45, 2.75) is 38.1 Å². The van der Waals surface area contributed by atoms with E-state index in [0.29, 0.717) is 11.4 Å². The fourth-order valence-corrected chi connectivity index (χ4v) is 3.25. The predicted molar refractivity (Wildman–Crippen MR) is 66.1 cm³/mol. The highest BCUT2D eigenvalue weighted by atomic mass is 32.2. The second-order valence-corrected chi connectivity index (χ2v) is 6.69. The van der Waals surface area contributed by atoms with Crippen molar-refractivity contribution in [3.05, 3.63) is 11.4 Å². The van der Waals surface area contributed by atoms with Crippen LogP contribution in [0.1, 0.15) is 25.2 Å². The summed E-state index contributed by atoms with van der Waals surface area (Å²) in [5.74, 6) is -0.479. The minimum absolute atomic E-state index is 0.166. The van der Waals surface area contributed by atoms with Gasteiger partial charge in [-0.1, -0.05) is 0 Å². The Kier molecular flexibility index (Phi) is 3.58. The van der Waals surface area contributed by atoms with E-state index in [1.807, 2.05) is 0 Å². The van der Waals surface area contributed by atoms with Crippen molar-refractivity contribution < 1.29 is 17.9 Å². The lowest BCUT2D eigenvalue weighted by Gasteiger charge is -2.23. The third-order valence-electron chi connectivity index (χ3n) is 2.81. The number of methoxy groups -OCH3 is 1.